The van der Waals surface area contributed by atoms with Crippen molar-refractivity contribution in [3.63, 3.8) is 0 Å². The maximum absolute atomic E-state index is 12.7. The molecule has 2 aromatic heterocycles. The minimum Gasteiger partial charge on any atom is -0.222 e. The Balaban J connectivity index is 2.46. The Morgan fingerprint density at radius 1 is 1.31 bits per heavy atom. The zero-order chi connectivity index (χ0) is 9.26. The van der Waals surface area contributed by atoms with Crippen molar-refractivity contribution in [2.45, 2.75) is 6.92 Å². The molecule has 0 N–H and O–H groups in total. The van der Waals surface area contributed by atoms with Crippen molar-refractivity contribution in [1.29, 1.82) is 0 Å². The van der Waals surface area contributed by atoms with Crippen molar-refractivity contribution in [1.82, 2.24) is 14.8 Å². The average molecular weight is 177 g/mol. The summed E-state index contributed by atoms with van der Waals surface area (Å²) in [7, 11) is 0. The number of aromatic nitrogens is 3. The van der Waals surface area contributed by atoms with Crippen molar-refractivity contribution >= 4 is 0 Å². The average Bonchev–Trinajstić information content (AvgIpc) is 2.52. The van der Waals surface area contributed by atoms with Gasteiger partial charge in [0.15, 0.2) is 5.82 Å². The summed E-state index contributed by atoms with van der Waals surface area (Å²) in [6.07, 6.45) is 1.75. The van der Waals surface area contributed by atoms with Crippen molar-refractivity contribution in [2.24, 2.45) is 0 Å². The summed E-state index contributed by atoms with van der Waals surface area (Å²) in [5, 5.41) is 4.11. The highest BCUT2D eigenvalue weighted by molar-refractivity contribution is 5.21. The maximum Gasteiger partial charge on any atom is 0.214 e. The van der Waals surface area contributed by atoms with Gasteiger partial charge < -0.3 is 0 Å². The predicted octanol–water partition coefficient (Wildman–Crippen LogP) is 1.71. The van der Waals surface area contributed by atoms with Crippen LogP contribution in [0, 0.1) is 12.9 Å². The summed E-state index contributed by atoms with van der Waals surface area (Å²) < 4.78 is 14.2. The van der Waals surface area contributed by atoms with Gasteiger partial charge in [-0.2, -0.15) is 9.49 Å². The molecule has 0 atom stereocenters. The second-order valence-corrected chi connectivity index (χ2v) is 2.72. The minimum atomic E-state index is -0.495. The zero-order valence-electron chi connectivity index (χ0n) is 7.11. The number of hydrogen-bond acceptors (Lipinski definition) is 2. The van der Waals surface area contributed by atoms with Crippen LogP contribution in [0.3, 0.4) is 0 Å². The number of rotatable bonds is 1. The molecule has 4 heteroatoms. The number of nitrogens with zero attached hydrogens (tertiary/aromatic N) is 3. The normalized spacial score (nSPS) is 10.3. The SMILES string of the molecule is Cc1ccn(-c2cccc(F)n2)n1. The molecule has 0 saturated carbocycles. The summed E-state index contributed by atoms with van der Waals surface area (Å²) in [6.45, 7) is 1.87. The maximum atomic E-state index is 12.7. The molecule has 0 fully saturated rings. The van der Waals surface area contributed by atoms with Gasteiger partial charge in [0.05, 0.1) is 5.69 Å². The summed E-state index contributed by atoms with van der Waals surface area (Å²) >= 11 is 0. The highest BCUT2D eigenvalue weighted by atomic mass is 19.1. The molecule has 0 bridgehead atoms. The van der Waals surface area contributed by atoms with Gasteiger partial charge in [0.1, 0.15) is 0 Å². The molecule has 0 aliphatic heterocycles. The van der Waals surface area contributed by atoms with Crippen LogP contribution in [0.25, 0.3) is 5.82 Å². The molecular weight excluding hydrogens is 169 g/mol. The summed E-state index contributed by atoms with van der Waals surface area (Å²) in [5.41, 5.74) is 0.881. The van der Waals surface area contributed by atoms with E-state index in [0.717, 1.165) is 5.69 Å². The molecule has 0 aliphatic carbocycles. The van der Waals surface area contributed by atoms with Gasteiger partial charge in [-0.3, -0.25) is 0 Å². The molecular formula is C9H8FN3. The van der Waals surface area contributed by atoms with Crippen LogP contribution in [-0.2, 0) is 0 Å². The van der Waals surface area contributed by atoms with Crippen LogP contribution in [0.4, 0.5) is 4.39 Å². The highest BCUT2D eigenvalue weighted by Gasteiger charge is 1.99. The van der Waals surface area contributed by atoms with Crippen LogP contribution in [-0.4, -0.2) is 14.8 Å². The van der Waals surface area contributed by atoms with E-state index in [4.69, 9.17) is 0 Å². The Bertz CT molecular complexity index is 422. The van der Waals surface area contributed by atoms with Gasteiger partial charge in [-0.1, -0.05) is 6.07 Å². The van der Waals surface area contributed by atoms with Crippen molar-refractivity contribution in [2.75, 3.05) is 0 Å². The first-order chi connectivity index (χ1) is 6.25. The first kappa shape index (κ1) is 7.91. The van der Waals surface area contributed by atoms with Crippen molar-refractivity contribution < 1.29 is 4.39 Å². The predicted molar refractivity (Wildman–Crippen MR) is 46.1 cm³/mol. The van der Waals surface area contributed by atoms with E-state index in [1.165, 1.54) is 6.07 Å². The fraction of sp³-hybridized carbons (Fsp3) is 0.111. The van der Waals surface area contributed by atoms with E-state index in [2.05, 4.69) is 10.1 Å². The van der Waals surface area contributed by atoms with E-state index in [0.29, 0.717) is 5.82 Å². The summed E-state index contributed by atoms with van der Waals surface area (Å²) in [6, 6.07) is 6.46. The third-order valence-electron chi connectivity index (χ3n) is 1.66. The molecule has 0 amide bonds. The molecule has 2 aromatic rings. The van der Waals surface area contributed by atoms with Gasteiger partial charge >= 0.3 is 0 Å². The fourth-order valence-corrected chi connectivity index (χ4v) is 1.07. The van der Waals surface area contributed by atoms with E-state index < -0.39 is 5.95 Å². The van der Waals surface area contributed by atoms with E-state index in [9.17, 15) is 4.39 Å². The van der Waals surface area contributed by atoms with Gasteiger partial charge in [0.2, 0.25) is 5.95 Å². The molecule has 0 aliphatic rings. The van der Waals surface area contributed by atoms with Crippen LogP contribution >= 0.6 is 0 Å². The standard InChI is InChI=1S/C9H8FN3/c1-7-5-6-13(12-7)9-4-2-3-8(10)11-9/h2-6H,1H3. The van der Waals surface area contributed by atoms with Gasteiger partial charge in [-0.15, -0.1) is 0 Å². The first-order valence-electron chi connectivity index (χ1n) is 3.91. The van der Waals surface area contributed by atoms with Crippen LogP contribution in [0.5, 0.6) is 0 Å². The Labute approximate surface area is 74.8 Å². The molecule has 2 rings (SSSR count). The lowest BCUT2D eigenvalue weighted by molar-refractivity contribution is 0.577. The zero-order valence-corrected chi connectivity index (χ0v) is 7.11. The topological polar surface area (TPSA) is 30.7 Å². The molecule has 2 heterocycles. The van der Waals surface area contributed by atoms with Gasteiger partial charge in [-0.25, -0.2) is 9.67 Å². The van der Waals surface area contributed by atoms with Gasteiger partial charge in [0.25, 0.3) is 0 Å². The first-order valence-corrected chi connectivity index (χ1v) is 3.91. The van der Waals surface area contributed by atoms with Crippen LogP contribution < -0.4 is 0 Å². The molecule has 0 radical (unpaired) electrons. The lowest BCUT2D eigenvalue weighted by atomic mass is 10.4. The van der Waals surface area contributed by atoms with Crippen molar-refractivity contribution in [3.05, 3.63) is 42.1 Å². The summed E-state index contributed by atoms with van der Waals surface area (Å²) in [4.78, 5) is 3.69. The quantitative estimate of drug-likeness (QED) is 0.621. The lowest BCUT2D eigenvalue weighted by Crippen LogP contribution is -1.99. The molecule has 0 aromatic carbocycles. The molecule has 66 valence electrons. The van der Waals surface area contributed by atoms with Crippen LogP contribution in [0.15, 0.2) is 30.5 Å². The lowest BCUT2D eigenvalue weighted by Gasteiger charge is -1.98. The van der Waals surface area contributed by atoms with Gasteiger partial charge in [-0.05, 0) is 25.1 Å². The number of pyridine rings is 1. The smallest absolute Gasteiger partial charge is 0.214 e. The Morgan fingerprint density at radius 2 is 2.15 bits per heavy atom. The number of hydrogen-bond donors (Lipinski definition) is 0. The molecule has 13 heavy (non-hydrogen) atoms. The molecule has 3 nitrogen and oxygen atoms in total. The molecule has 0 spiro atoms. The molecule has 0 unspecified atom stereocenters. The third kappa shape index (κ3) is 1.56. The highest BCUT2D eigenvalue weighted by Crippen LogP contribution is 2.04. The number of aryl methyl sites for hydroxylation is 1. The van der Waals surface area contributed by atoms with Crippen LogP contribution in [0.1, 0.15) is 5.69 Å². The molecule has 0 saturated heterocycles. The number of halogens is 1. The van der Waals surface area contributed by atoms with Gasteiger partial charge in [0, 0.05) is 6.20 Å². The fourth-order valence-electron chi connectivity index (χ4n) is 1.07. The van der Waals surface area contributed by atoms with E-state index in [-0.39, 0.29) is 0 Å². The van der Waals surface area contributed by atoms with E-state index >= 15 is 0 Å². The largest absolute Gasteiger partial charge is 0.222 e. The minimum absolute atomic E-state index is 0.494. The van der Waals surface area contributed by atoms with Crippen LogP contribution in [0.2, 0.25) is 0 Å². The van der Waals surface area contributed by atoms with Crippen molar-refractivity contribution in [3.8, 4) is 5.82 Å². The second-order valence-electron chi connectivity index (χ2n) is 2.72. The van der Waals surface area contributed by atoms with E-state index in [1.54, 1.807) is 23.0 Å². The van der Waals surface area contributed by atoms with E-state index in [1.807, 2.05) is 13.0 Å². The second kappa shape index (κ2) is 2.97. The monoisotopic (exact) mass is 177 g/mol. The Hall–Kier alpha value is -1.71. The third-order valence-corrected chi connectivity index (χ3v) is 1.66. The Kier molecular flexibility index (Phi) is 1.81. The summed E-state index contributed by atoms with van der Waals surface area (Å²) in [5.74, 6) is -0.00115. The Morgan fingerprint density at radius 3 is 2.77 bits per heavy atom.